The molecule has 1 amide bonds. The Morgan fingerprint density at radius 1 is 1.24 bits per heavy atom. The summed E-state index contributed by atoms with van der Waals surface area (Å²) in [6.07, 6.45) is 0.919. The highest BCUT2D eigenvalue weighted by Crippen LogP contribution is 2.05. The van der Waals surface area contributed by atoms with Gasteiger partial charge in [-0.05, 0) is 19.3 Å². The molecule has 0 radical (unpaired) electrons. The van der Waals surface area contributed by atoms with Crippen molar-refractivity contribution in [3.63, 3.8) is 0 Å². The zero-order valence-corrected chi connectivity index (χ0v) is 11.1. The van der Waals surface area contributed by atoms with Crippen LogP contribution in [0.5, 0.6) is 0 Å². The zero-order valence-electron chi connectivity index (χ0n) is 11.1. The molecular formula is C12H24N2O3. The van der Waals surface area contributed by atoms with Gasteiger partial charge in [-0.2, -0.15) is 0 Å². The average Bonchev–Trinajstić information content (AvgIpc) is 2.24. The van der Waals surface area contributed by atoms with E-state index in [-0.39, 0.29) is 36.9 Å². The van der Waals surface area contributed by atoms with Crippen LogP contribution in [0.4, 0.5) is 0 Å². The van der Waals surface area contributed by atoms with Crippen LogP contribution in [-0.2, 0) is 9.59 Å². The second-order valence-corrected chi connectivity index (χ2v) is 4.71. The molecule has 0 aromatic carbocycles. The van der Waals surface area contributed by atoms with Crippen LogP contribution in [0.3, 0.4) is 0 Å². The van der Waals surface area contributed by atoms with Crippen LogP contribution in [0.2, 0.25) is 0 Å². The fourth-order valence-electron chi connectivity index (χ4n) is 1.31. The van der Waals surface area contributed by atoms with Crippen molar-refractivity contribution in [3.8, 4) is 0 Å². The van der Waals surface area contributed by atoms with E-state index in [0.717, 1.165) is 6.42 Å². The monoisotopic (exact) mass is 244 g/mol. The van der Waals surface area contributed by atoms with Gasteiger partial charge in [-0.15, -0.1) is 0 Å². The number of amides is 1. The van der Waals surface area contributed by atoms with Crippen LogP contribution in [-0.4, -0.2) is 35.6 Å². The molecular weight excluding hydrogens is 220 g/mol. The molecule has 3 N–H and O–H groups in total. The average molecular weight is 244 g/mol. The first-order valence-corrected chi connectivity index (χ1v) is 6.11. The molecule has 0 saturated carbocycles. The third-order valence-corrected chi connectivity index (χ3v) is 2.77. The van der Waals surface area contributed by atoms with Crippen molar-refractivity contribution < 1.29 is 14.7 Å². The first-order valence-electron chi connectivity index (χ1n) is 6.11. The van der Waals surface area contributed by atoms with Crippen molar-refractivity contribution in [1.29, 1.82) is 0 Å². The van der Waals surface area contributed by atoms with Crippen molar-refractivity contribution >= 4 is 11.9 Å². The second kappa shape index (κ2) is 8.06. The molecule has 0 aromatic heterocycles. The van der Waals surface area contributed by atoms with Crippen molar-refractivity contribution in [3.05, 3.63) is 0 Å². The van der Waals surface area contributed by atoms with Gasteiger partial charge in [-0.1, -0.05) is 20.8 Å². The number of aliphatic carboxylic acids is 1. The van der Waals surface area contributed by atoms with Gasteiger partial charge in [0, 0.05) is 12.1 Å². The number of carboxylic acid groups (broad SMARTS) is 1. The molecule has 100 valence electrons. The summed E-state index contributed by atoms with van der Waals surface area (Å²) in [6, 6.07) is -0.0172. The minimum absolute atomic E-state index is 0.0350. The Bertz CT molecular complexity index is 254. The minimum Gasteiger partial charge on any atom is -0.481 e. The third-order valence-electron chi connectivity index (χ3n) is 2.77. The molecule has 2 atom stereocenters. The lowest BCUT2D eigenvalue weighted by Crippen LogP contribution is -2.45. The number of nitrogens with one attached hydrogen (secondary N) is 2. The molecule has 5 heteroatoms. The normalized spacial score (nSPS) is 14.4. The van der Waals surface area contributed by atoms with Crippen molar-refractivity contribution in [2.75, 3.05) is 6.54 Å². The smallest absolute Gasteiger partial charge is 0.305 e. The van der Waals surface area contributed by atoms with Crippen LogP contribution >= 0.6 is 0 Å². The lowest BCUT2D eigenvalue weighted by Gasteiger charge is -2.21. The second-order valence-electron chi connectivity index (χ2n) is 4.71. The van der Waals surface area contributed by atoms with Crippen LogP contribution < -0.4 is 10.6 Å². The number of carbonyl (C=O) groups is 2. The summed E-state index contributed by atoms with van der Waals surface area (Å²) in [7, 11) is 0. The summed E-state index contributed by atoms with van der Waals surface area (Å²) in [5.41, 5.74) is 0. The molecule has 0 spiro atoms. The summed E-state index contributed by atoms with van der Waals surface area (Å²) >= 11 is 0. The summed E-state index contributed by atoms with van der Waals surface area (Å²) in [4.78, 5) is 22.2. The number of rotatable bonds is 8. The molecule has 0 bridgehead atoms. The Hall–Kier alpha value is -1.10. The van der Waals surface area contributed by atoms with Gasteiger partial charge in [0.1, 0.15) is 0 Å². The molecule has 0 aliphatic heterocycles. The zero-order chi connectivity index (χ0) is 13.4. The molecule has 2 unspecified atom stereocenters. The lowest BCUT2D eigenvalue weighted by molar-refractivity contribution is -0.138. The molecule has 0 fully saturated rings. The number of carbonyl (C=O) groups excluding carboxylic acids is 1. The van der Waals surface area contributed by atoms with Crippen LogP contribution in [0.25, 0.3) is 0 Å². The van der Waals surface area contributed by atoms with Crippen LogP contribution in [0, 0.1) is 5.92 Å². The van der Waals surface area contributed by atoms with E-state index in [4.69, 9.17) is 5.11 Å². The molecule has 0 aromatic rings. The van der Waals surface area contributed by atoms with E-state index in [1.54, 1.807) is 0 Å². The van der Waals surface area contributed by atoms with E-state index in [0.29, 0.717) is 0 Å². The number of hydrogen-bond donors (Lipinski definition) is 3. The van der Waals surface area contributed by atoms with Gasteiger partial charge in [0.15, 0.2) is 0 Å². The van der Waals surface area contributed by atoms with Gasteiger partial charge in [0.05, 0.1) is 13.0 Å². The van der Waals surface area contributed by atoms with Gasteiger partial charge in [-0.3, -0.25) is 9.59 Å². The maximum atomic E-state index is 11.6. The largest absolute Gasteiger partial charge is 0.481 e. The highest BCUT2D eigenvalue weighted by atomic mass is 16.4. The Labute approximate surface area is 103 Å². The molecule has 0 aliphatic rings. The van der Waals surface area contributed by atoms with E-state index in [2.05, 4.69) is 10.6 Å². The molecule has 0 saturated heterocycles. The lowest BCUT2D eigenvalue weighted by atomic mass is 10.0. The fourth-order valence-corrected chi connectivity index (χ4v) is 1.31. The van der Waals surface area contributed by atoms with Gasteiger partial charge in [-0.25, -0.2) is 0 Å². The molecule has 0 rings (SSSR count). The molecule has 0 aliphatic carbocycles. The SMILES string of the molecule is CCC(C)NCC(=O)NC(CC(=O)O)C(C)C. The third kappa shape index (κ3) is 7.74. The summed E-state index contributed by atoms with van der Waals surface area (Å²) < 4.78 is 0. The molecule has 5 nitrogen and oxygen atoms in total. The maximum absolute atomic E-state index is 11.6. The van der Waals surface area contributed by atoms with E-state index in [9.17, 15) is 9.59 Å². The summed E-state index contributed by atoms with van der Waals surface area (Å²) in [5.74, 6) is -0.928. The van der Waals surface area contributed by atoms with E-state index < -0.39 is 5.97 Å². The Balaban J connectivity index is 4.08. The van der Waals surface area contributed by atoms with Crippen molar-refractivity contribution in [2.24, 2.45) is 5.92 Å². The maximum Gasteiger partial charge on any atom is 0.305 e. The standard InChI is InChI=1S/C12H24N2O3/c1-5-9(4)13-7-11(15)14-10(8(2)3)6-12(16)17/h8-10,13H,5-7H2,1-4H3,(H,14,15)(H,16,17). The highest BCUT2D eigenvalue weighted by molar-refractivity contribution is 5.79. The number of carboxylic acids is 1. The molecule has 0 heterocycles. The van der Waals surface area contributed by atoms with Crippen molar-refractivity contribution in [1.82, 2.24) is 10.6 Å². The van der Waals surface area contributed by atoms with Gasteiger partial charge >= 0.3 is 5.97 Å². The van der Waals surface area contributed by atoms with E-state index in [1.165, 1.54) is 0 Å². The van der Waals surface area contributed by atoms with Gasteiger partial charge in [0.25, 0.3) is 0 Å². The fraction of sp³-hybridized carbons (Fsp3) is 0.833. The van der Waals surface area contributed by atoms with Crippen LogP contribution in [0.1, 0.15) is 40.5 Å². The van der Waals surface area contributed by atoms with Crippen molar-refractivity contribution in [2.45, 2.75) is 52.6 Å². The Kier molecular flexibility index (Phi) is 7.54. The highest BCUT2D eigenvalue weighted by Gasteiger charge is 2.19. The minimum atomic E-state index is -0.890. The Morgan fingerprint density at radius 2 is 1.82 bits per heavy atom. The topological polar surface area (TPSA) is 78.4 Å². The summed E-state index contributed by atoms with van der Waals surface area (Å²) in [6.45, 7) is 8.07. The first kappa shape index (κ1) is 15.9. The van der Waals surface area contributed by atoms with Gasteiger partial charge in [0.2, 0.25) is 5.91 Å². The van der Waals surface area contributed by atoms with Crippen LogP contribution in [0.15, 0.2) is 0 Å². The quantitative estimate of drug-likeness (QED) is 0.595. The van der Waals surface area contributed by atoms with E-state index >= 15 is 0 Å². The summed E-state index contributed by atoms with van der Waals surface area (Å²) in [5, 5.41) is 14.6. The Morgan fingerprint density at radius 3 is 2.24 bits per heavy atom. The van der Waals surface area contributed by atoms with E-state index in [1.807, 2.05) is 27.7 Å². The first-order chi connectivity index (χ1) is 7.86. The predicted molar refractivity (Wildman–Crippen MR) is 66.8 cm³/mol. The predicted octanol–water partition coefficient (Wildman–Crippen LogP) is 0.990. The van der Waals surface area contributed by atoms with Gasteiger partial charge < -0.3 is 15.7 Å². The number of hydrogen-bond acceptors (Lipinski definition) is 3. The molecule has 17 heavy (non-hydrogen) atoms.